The summed E-state index contributed by atoms with van der Waals surface area (Å²) in [6.45, 7) is 12.0. The number of aryl methyl sites for hydroxylation is 1. The average molecular weight is 351 g/mol. The highest BCUT2D eigenvalue weighted by atomic mass is 16.4. The summed E-state index contributed by atoms with van der Waals surface area (Å²) in [6, 6.07) is 4.33. The molecule has 0 spiro atoms. The molecule has 1 aliphatic heterocycles. The maximum absolute atomic E-state index is 10.6. The largest absolute Gasteiger partial charge is 0.463 e. The van der Waals surface area contributed by atoms with Crippen molar-refractivity contribution in [1.82, 2.24) is 15.5 Å². The lowest BCUT2D eigenvalue weighted by Gasteiger charge is -2.33. The second-order valence-corrected chi connectivity index (χ2v) is 7.19. The van der Waals surface area contributed by atoms with Gasteiger partial charge in [-0.05, 0) is 59.2 Å². The van der Waals surface area contributed by atoms with Crippen molar-refractivity contribution in [3.05, 3.63) is 23.7 Å². The van der Waals surface area contributed by atoms with Gasteiger partial charge in [-0.2, -0.15) is 0 Å². The number of aliphatic imine (C=N–C) groups is 1. The molecule has 2 atom stereocenters. The van der Waals surface area contributed by atoms with Gasteiger partial charge in [0.1, 0.15) is 17.1 Å². The first-order valence-corrected chi connectivity index (χ1v) is 9.48. The number of likely N-dealkylation sites (tertiary alicyclic amines) is 1. The summed E-state index contributed by atoms with van der Waals surface area (Å²) in [5.74, 6) is 2.07. The maximum Gasteiger partial charge on any atom is 0.191 e. The summed E-state index contributed by atoms with van der Waals surface area (Å²) < 4.78 is 5.55. The Morgan fingerprint density at radius 3 is 2.84 bits per heavy atom. The number of nitrogens with one attached hydrogen (secondary N) is 2. The van der Waals surface area contributed by atoms with Crippen LogP contribution >= 0.6 is 0 Å². The van der Waals surface area contributed by atoms with Gasteiger partial charge in [0.05, 0.1) is 6.54 Å². The van der Waals surface area contributed by atoms with Crippen molar-refractivity contribution in [3.63, 3.8) is 0 Å². The van der Waals surface area contributed by atoms with Crippen LogP contribution in [-0.2, 0) is 5.60 Å². The Balaban J connectivity index is 1.87. The number of hydrogen-bond acceptors (Lipinski definition) is 4. The SMILES string of the molecule is CCNC(=NCC(C)(O)c1ccc(C)o1)NCCN1CCCCC1C. The lowest BCUT2D eigenvalue weighted by molar-refractivity contribution is 0.0428. The van der Waals surface area contributed by atoms with Crippen molar-refractivity contribution >= 4 is 5.96 Å². The van der Waals surface area contributed by atoms with Crippen molar-refractivity contribution in [2.45, 2.75) is 58.6 Å². The lowest BCUT2D eigenvalue weighted by atomic mass is 10.0. The molecule has 1 aromatic heterocycles. The van der Waals surface area contributed by atoms with Crippen LogP contribution in [0.1, 0.15) is 51.6 Å². The van der Waals surface area contributed by atoms with E-state index in [0.29, 0.717) is 11.8 Å². The molecule has 142 valence electrons. The molecule has 0 saturated carbocycles. The lowest BCUT2D eigenvalue weighted by Crippen LogP contribution is -2.45. The van der Waals surface area contributed by atoms with Crippen molar-refractivity contribution in [1.29, 1.82) is 0 Å². The maximum atomic E-state index is 10.6. The van der Waals surface area contributed by atoms with Crippen LogP contribution in [0, 0.1) is 6.92 Å². The van der Waals surface area contributed by atoms with Gasteiger partial charge in [0, 0.05) is 25.7 Å². The first-order valence-electron chi connectivity index (χ1n) is 9.48. The normalized spacial score (nSPS) is 21.8. The predicted molar refractivity (Wildman–Crippen MR) is 102 cm³/mol. The molecule has 1 aromatic rings. The van der Waals surface area contributed by atoms with E-state index in [2.05, 4.69) is 27.4 Å². The Kier molecular flexibility index (Phi) is 7.32. The number of rotatable bonds is 7. The molecule has 0 radical (unpaired) electrons. The topological polar surface area (TPSA) is 73.0 Å². The van der Waals surface area contributed by atoms with Crippen molar-refractivity contribution < 1.29 is 9.52 Å². The number of hydrogen-bond donors (Lipinski definition) is 3. The van der Waals surface area contributed by atoms with Crippen LogP contribution in [0.2, 0.25) is 0 Å². The summed E-state index contributed by atoms with van der Waals surface area (Å²) in [7, 11) is 0. The van der Waals surface area contributed by atoms with Crippen LogP contribution in [0.4, 0.5) is 0 Å². The first kappa shape index (κ1) is 19.8. The van der Waals surface area contributed by atoms with Gasteiger partial charge in [0.15, 0.2) is 5.96 Å². The molecule has 0 aromatic carbocycles. The van der Waals surface area contributed by atoms with Crippen LogP contribution in [0.5, 0.6) is 0 Å². The van der Waals surface area contributed by atoms with Gasteiger partial charge in [-0.1, -0.05) is 6.42 Å². The minimum Gasteiger partial charge on any atom is -0.463 e. The highest BCUT2D eigenvalue weighted by molar-refractivity contribution is 5.79. The van der Waals surface area contributed by atoms with E-state index in [-0.39, 0.29) is 6.54 Å². The Morgan fingerprint density at radius 2 is 2.20 bits per heavy atom. The molecule has 2 heterocycles. The van der Waals surface area contributed by atoms with E-state index in [9.17, 15) is 5.11 Å². The van der Waals surface area contributed by atoms with E-state index in [4.69, 9.17) is 4.42 Å². The Morgan fingerprint density at radius 1 is 1.40 bits per heavy atom. The first-order chi connectivity index (χ1) is 11.9. The molecule has 1 aliphatic rings. The molecule has 0 amide bonds. The molecule has 2 unspecified atom stereocenters. The van der Waals surface area contributed by atoms with Gasteiger partial charge < -0.3 is 20.2 Å². The second-order valence-electron chi connectivity index (χ2n) is 7.19. The van der Waals surface area contributed by atoms with E-state index >= 15 is 0 Å². The van der Waals surface area contributed by atoms with Gasteiger partial charge >= 0.3 is 0 Å². The van der Waals surface area contributed by atoms with Gasteiger partial charge in [-0.25, -0.2) is 4.99 Å². The van der Waals surface area contributed by atoms with Crippen LogP contribution in [-0.4, -0.2) is 54.7 Å². The highest BCUT2D eigenvalue weighted by Gasteiger charge is 2.26. The van der Waals surface area contributed by atoms with Gasteiger partial charge in [-0.3, -0.25) is 4.90 Å². The molecule has 0 bridgehead atoms. The smallest absolute Gasteiger partial charge is 0.191 e. The van der Waals surface area contributed by atoms with Crippen molar-refractivity contribution in [2.75, 3.05) is 32.7 Å². The van der Waals surface area contributed by atoms with E-state index < -0.39 is 5.60 Å². The van der Waals surface area contributed by atoms with Crippen LogP contribution in [0.3, 0.4) is 0 Å². The van der Waals surface area contributed by atoms with Crippen LogP contribution in [0.25, 0.3) is 0 Å². The zero-order valence-corrected chi connectivity index (χ0v) is 16.1. The molecule has 2 rings (SSSR count). The van der Waals surface area contributed by atoms with Gasteiger partial charge in [0.25, 0.3) is 0 Å². The summed E-state index contributed by atoms with van der Waals surface area (Å²) in [5.41, 5.74) is -1.11. The summed E-state index contributed by atoms with van der Waals surface area (Å²) in [5, 5.41) is 17.2. The fraction of sp³-hybridized carbons (Fsp3) is 0.737. The van der Waals surface area contributed by atoms with Crippen LogP contribution < -0.4 is 10.6 Å². The quantitative estimate of drug-likeness (QED) is 0.519. The van der Waals surface area contributed by atoms with E-state index in [1.807, 2.05) is 26.0 Å². The molecule has 1 saturated heterocycles. The molecule has 3 N–H and O–H groups in total. The van der Waals surface area contributed by atoms with Gasteiger partial charge in [0.2, 0.25) is 0 Å². The zero-order chi connectivity index (χ0) is 18.3. The monoisotopic (exact) mass is 350 g/mol. The van der Waals surface area contributed by atoms with Crippen molar-refractivity contribution in [3.8, 4) is 0 Å². The van der Waals surface area contributed by atoms with Gasteiger partial charge in [-0.15, -0.1) is 0 Å². The number of furan rings is 1. The minimum absolute atomic E-state index is 0.245. The Hall–Kier alpha value is -1.53. The molecule has 1 fully saturated rings. The standard InChI is InChI=1S/C19H34N4O2/c1-5-20-18(21-11-13-23-12-7-6-8-15(23)2)22-14-19(4,24)17-10-9-16(3)25-17/h9-10,15,24H,5-8,11-14H2,1-4H3,(H2,20,21,22). The molecule has 0 aliphatic carbocycles. The fourth-order valence-electron chi connectivity index (χ4n) is 3.18. The average Bonchev–Trinajstić information content (AvgIpc) is 3.02. The highest BCUT2D eigenvalue weighted by Crippen LogP contribution is 2.23. The minimum atomic E-state index is -1.11. The summed E-state index contributed by atoms with van der Waals surface area (Å²) in [4.78, 5) is 7.07. The Bertz CT molecular complexity index is 553. The molecule has 6 nitrogen and oxygen atoms in total. The van der Waals surface area contributed by atoms with E-state index in [1.54, 1.807) is 6.92 Å². The number of piperidine rings is 1. The summed E-state index contributed by atoms with van der Waals surface area (Å²) in [6.07, 6.45) is 3.93. The summed E-state index contributed by atoms with van der Waals surface area (Å²) >= 11 is 0. The molecular weight excluding hydrogens is 316 g/mol. The van der Waals surface area contributed by atoms with E-state index in [0.717, 1.165) is 31.4 Å². The zero-order valence-electron chi connectivity index (χ0n) is 16.1. The number of aliphatic hydroxyl groups is 1. The number of guanidine groups is 1. The van der Waals surface area contributed by atoms with E-state index in [1.165, 1.54) is 25.8 Å². The molecule has 6 heteroatoms. The fourth-order valence-corrected chi connectivity index (χ4v) is 3.18. The third-order valence-electron chi connectivity index (χ3n) is 4.79. The molecule has 25 heavy (non-hydrogen) atoms. The number of nitrogens with zero attached hydrogens (tertiary/aromatic N) is 2. The molecular formula is C19H34N4O2. The third kappa shape index (κ3) is 6.04. The second kappa shape index (κ2) is 9.25. The third-order valence-corrected chi connectivity index (χ3v) is 4.79. The van der Waals surface area contributed by atoms with Crippen LogP contribution in [0.15, 0.2) is 21.5 Å². The Labute approximate surface area is 151 Å². The van der Waals surface area contributed by atoms with Crippen molar-refractivity contribution in [2.24, 2.45) is 4.99 Å². The predicted octanol–water partition coefficient (Wildman–Crippen LogP) is 2.23.